The van der Waals surface area contributed by atoms with Gasteiger partial charge < -0.3 is 14.7 Å². The highest BCUT2D eigenvalue weighted by atomic mass is 32.1. The zero-order valence-corrected chi connectivity index (χ0v) is 18.6. The van der Waals surface area contributed by atoms with E-state index >= 15 is 0 Å². The lowest BCUT2D eigenvalue weighted by Gasteiger charge is -2.24. The summed E-state index contributed by atoms with van der Waals surface area (Å²) < 4.78 is 5.73. The molecule has 30 heavy (non-hydrogen) atoms. The molecule has 1 N–H and O–H groups in total. The molecule has 5 nitrogen and oxygen atoms in total. The van der Waals surface area contributed by atoms with Crippen molar-refractivity contribution in [1.29, 1.82) is 0 Å². The van der Waals surface area contributed by atoms with E-state index in [4.69, 9.17) is 4.74 Å². The summed E-state index contributed by atoms with van der Waals surface area (Å²) in [7, 11) is 0. The summed E-state index contributed by atoms with van der Waals surface area (Å²) in [6.07, 6.45) is 3.99. The number of nitrogens with zero attached hydrogens (tertiary/aromatic N) is 1. The van der Waals surface area contributed by atoms with E-state index < -0.39 is 17.7 Å². The normalized spacial score (nSPS) is 18.2. The molecule has 1 unspecified atom stereocenters. The first-order valence-corrected chi connectivity index (χ1v) is 11.4. The van der Waals surface area contributed by atoms with E-state index in [1.165, 1.54) is 11.3 Å². The van der Waals surface area contributed by atoms with Gasteiger partial charge in [-0.05, 0) is 61.0 Å². The number of rotatable bonds is 9. The van der Waals surface area contributed by atoms with Crippen molar-refractivity contribution in [3.8, 4) is 5.75 Å². The fraction of sp³-hybridized carbons (Fsp3) is 0.417. The van der Waals surface area contributed by atoms with Gasteiger partial charge in [-0.2, -0.15) is 0 Å². The third-order valence-electron chi connectivity index (χ3n) is 5.30. The maximum Gasteiger partial charge on any atom is 0.295 e. The molecular weight excluding hydrogens is 398 g/mol. The van der Waals surface area contributed by atoms with Crippen LogP contribution in [0.25, 0.3) is 5.76 Å². The quantitative estimate of drug-likeness (QED) is 0.250. The summed E-state index contributed by atoms with van der Waals surface area (Å²) in [4.78, 5) is 28.1. The number of thiophene rings is 1. The minimum absolute atomic E-state index is 0.137. The van der Waals surface area contributed by atoms with E-state index in [1.54, 1.807) is 29.2 Å². The molecule has 3 rings (SSSR count). The Labute approximate surface area is 182 Å². The highest BCUT2D eigenvalue weighted by Crippen LogP contribution is 2.42. The molecular formula is C24H29NO4S. The average Bonchev–Trinajstić information content (AvgIpc) is 3.27. The molecule has 6 heteroatoms. The smallest absolute Gasteiger partial charge is 0.295 e. The summed E-state index contributed by atoms with van der Waals surface area (Å²) in [6.45, 7) is 7.19. The monoisotopic (exact) mass is 427 g/mol. The molecule has 1 atom stereocenters. The van der Waals surface area contributed by atoms with Crippen molar-refractivity contribution in [2.45, 2.75) is 52.5 Å². The molecule has 1 saturated heterocycles. The zero-order chi connectivity index (χ0) is 21.7. The van der Waals surface area contributed by atoms with Crippen molar-refractivity contribution in [3.05, 3.63) is 57.3 Å². The van der Waals surface area contributed by atoms with Gasteiger partial charge in [-0.15, -0.1) is 11.3 Å². The molecule has 0 aliphatic carbocycles. The average molecular weight is 428 g/mol. The molecule has 2 aromatic rings. The first kappa shape index (κ1) is 22.1. The number of hydrogen-bond donors (Lipinski definition) is 1. The standard InChI is InChI=1S/C24H29NO4S/c1-4-6-7-14-29-18-10-8-17(9-11-18)21(26)19-20(23-16(3)12-15-30-23)25(13-5-2)24(28)22(19)27/h8-12,15,20,26H,4-7,13-14H2,1-3H3/b21-19-. The lowest BCUT2D eigenvalue weighted by atomic mass is 9.98. The van der Waals surface area contributed by atoms with Crippen molar-refractivity contribution in [3.63, 3.8) is 0 Å². The van der Waals surface area contributed by atoms with Crippen LogP contribution in [0.3, 0.4) is 0 Å². The van der Waals surface area contributed by atoms with Crippen LogP contribution in [0.4, 0.5) is 0 Å². The minimum atomic E-state index is -0.626. The van der Waals surface area contributed by atoms with E-state index in [-0.39, 0.29) is 11.3 Å². The van der Waals surface area contributed by atoms with Gasteiger partial charge in [0.15, 0.2) is 0 Å². The number of likely N-dealkylation sites (tertiary alicyclic amines) is 1. The number of aryl methyl sites for hydroxylation is 1. The van der Waals surface area contributed by atoms with E-state index in [0.717, 1.165) is 41.9 Å². The lowest BCUT2D eigenvalue weighted by Crippen LogP contribution is -2.30. The second kappa shape index (κ2) is 9.94. The van der Waals surface area contributed by atoms with Crippen molar-refractivity contribution in [2.24, 2.45) is 0 Å². The predicted octanol–water partition coefficient (Wildman–Crippen LogP) is 5.46. The second-order valence-electron chi connectivity index (χ2n) is 7.54. The van der Waals surface area contributed by atoms with Crippen LogP contribution >= 0.6 is 11.3 Å². The van der Waals surface area contributed by atoms with Gasteiger partial charge in [-0.1, -0.05) is 26.7 Å². The van der Waals surface area contributed by atoms with Gasteiger partial charge in [0, 0.05) is 17.0 Å². The van der Waals surface area contributed by atoms with Gasteiger partial charge in [-0.3, -0.25) is 9.59 Å². The molecule has 0 bridgehead atoms. The number of carbonyl (C=O) groups is 2. The van der Waals surface area contributed by atoms with Crippen molar-refractivity contribution in [2.75, 3.05) is 13.2 Å². The Morgan fingerprint density at radius 1 is 1.10 bits per heavy atom. The Balaban J connectivity index is 1.94. The van der Waals surface area contributed by atoms with Gasteiger partial charge in [0.1, 0.15) is 11.5 Å². The van der Waals surface area contributed by atoms with E-state index in [9.17, 15) is 14.7 Å². The fourth-order valence-electron chi connectivity index (χ4n) is 3.70. The third-order valence-corrected chi connectivity index (χ3v) is 6.37. The number of ketones is 1. The molecule has 160 valence electrons. The summed E-state index contributed by atoms with van der Waals surface area (Å²) in [5.74, 6) is -0.590. The first-order valence-electron chi connectivity index (χ1n) is 10.5. The van der Waals surface area contributed by atoms with Crippen molar-refractivity contribution in [1.82, 2.24) is 4.90 Å². The number of carbonyl (C=O) groups excluding carboxylic acids is 2. The van der Waals surface area contributed by atoms with Crippen LogP contribution in [0.5, 0.6) is 5.75 Å². The highest BCUT2D eigenvalue weighted by molar-refractivity contribution is 7.10. The Morgan fingerprint density at radius 2 is 1.83 bits per heavy atom. The SMILES string of the molecule is CCCCCOc1ccc(/C(O)=C2/C(=O)C(=O)N(CCC)C2c2sccc2C)cc1. The number of Topliss-reactive ketones (excluding diaryl/α,β-unsaturated/α-hetero) is 1. The van der Waals surface area contributed by atoms with Gasteiger partial charge in [0.2, 0.25) is 0 Å². The van der Waals surface area contributed by atoms with Gasteiger partial charge in [0.25, 0.3) is 11.7 Å². The number of ether oxygens (including phenoxy) is 1. The van der Waals surface area contributed by atoms with Crippen molar-refractivity contribution >= 4 is 28.8 Å². The number of benzene rings is 1. The highest BCUT2D eigenvalue weighted by Gasteiger charge is 2.46. The lowest BCUT2D eigenvalue weighted by molar-refractivity contribution is -0.139. The van der Waals surface area contributed by atoms with Crippen LogP contribution in [0.1, 0.15) is 61.6 Å². The van der Waals surface area contributed by atoms with Crippen LogP contribution in [0.15, 0.2) is 41.3 Å². The van der Waals surface area contributed by atoms with Crippen LogP contribution in [-0.2, 0) is 9.59 Å². The van der Waals surface area contributed by atoms with Crippen molar-refractivity contribution < 1.29 is 19.4 Å². The van der Waals surface area contributed by atoms with E-state index in [0.29, 0.717) is 18.7 Å². The maximum absolute atomic E-state index is 12.9. The Hall–Kier alpha value is -2.60. The van der Waals surface area contributed by atoms with E-state index in [2.05, 4.69) is 6.92 Å². The number of hydrogen-bond acceptors (Lipinski definition) is 5. The summed E-state index contributed by atoms with van der Waals surface area (Å²) in [5, 5.41) is 13.0. The maximum atomic E-state index is 12.9. The molecule has 1 aliphatic heterocycles. The second-order valence-corrected chi connectivity index (χ2v) is 8.49. The number of aliphatic hydroxyl groups is 1. The molecule has 1 aromatic carbocycles. The predicted molar refractivity (Wildman–Crippen MR) is 120 cm³/mol. The molecule has 1 aliphatic rings. The fourth-order valence-corrected chi connectivity index (χ4v) is 4.74. The molecule has 0 radical (unpaired) electrons. The number of unbranched alkanes of at least 4 members (excludes halogenated alkanes) is 2. The molecule has 0 saturated carbocycles. The summed E-state index contributed by atoms with van der Waals surface area (Å²) in [6, 6.07) is 8.46. The summed E-state index contributed by atoms with van der Waals surface area (Å²) >= 11 is 1.50. The number of aliphatic hydroxyl groups excluding tert-OH is 1. The van der Waals surface area contributed by atoms with Gasteiger partial charge >= 0.3 is 0 Å². The van der Waals surface area contributed by atoms with Gasteiger partial charge in [0.05, 0.1) is 18.2 Å². The summed E-state index contributed by atoms with van der Waals surface area (Å²) in [5.41, 5.74) is 1.68. The van der Waals surface area contributed by atoms with Crippen LogP contribution in [0.2, 0.25) is 0 Å². The molecule has 1 amide bonds. The minimum Gasteiger partial charge on any atom is -0.507 e. The Bertz CT molecular complexity index is 929. The number of amides is 1. The first-order chi connectivity index (χ1) is 14.5. The molecule has 2 heterocycles. The topological polar surface area (TPSA) is 66.8 Å². The van der Waals surface area contributed by atoms with Crippen LogP contribution in [-0.4, -0.2) is 34.8 Å². The molecule has 0 spiro atoms. The van der Waals surface area contributed by atoms with Gasteiger partial charge in [-0.25, -0.2) is 0 Å². The Morgan fingerprint density at radius 3 is 2.43 bits per heavy atom. The van der Waals surface area contributed by atoms with E-state index in [1.807, 2.05) is 25.3 Å². The van der Waals surface area contributed by atoms with Crippen LogP contribution in [0, 0.1) is 6.92 Å². The third kappa shape index (κ3) is 4.43. The Kier molecular flexibility index (Phi) is 7.32. The largest absolute Gasteiger partial charge is 0.507 e. The zero-order valence-electron chi connectivity index (χ0n) is 17.8. The molecule has 1 aromatic heterocycles. The van der Waals surface area contributed by atoms with Crippen LogP contribution < -0.4 is 4.74 Å². The molecule has 1 fully saturated rings.